The number of likely N-dealkylation sites (tertiary alicyclic amines) is 1. The van der Waals surface area contributed by atoms with Gasteiger partial charge < -0.3 is 10.0 Å². The summed E-state index contributed by atoms with van der Waals surface area (Å²) in [5, 5.41) is 18.2. The van der Waals surface area contributed by atoms with Gasteiger partial charge in [-0.25, -0.2) is 18.7 Å². The van der Waals surface area contributed by atoms with Crippen LogP contribution in [0.1, 0.15) is 31.0 Å². The predicted molar refractivity (Wildman–Crippen MR) is 120 cm³/mol. The molecule has 3 rings (SSSR count). The lowest BCUT2D eigenvalue weighted by molar-refractivity contribution is -0.131. The van der Waals surface area contributed by atoms with Gasteiger partial charge in [0.15, 0.2) is 14.6 Å². The maximum atomic E-state index is 12.7. The monoisotopic (exact) mass is 476 g/mol. The molecule has 1 aromatic rings. The minimum Gasteiger partial charge on any atom is -0.395 e. The largest absolute Gasteiger partial charge is 0.395 e. The van der Waals surface area contributed by atoms with Crippen LogP contribution in [0.3, 0.4) is 0 Å². The number of nitrogens with one attached hydrogen (secondary N) is 1. The van der Waals surface area contributed by atoms with Crippen LogP contribution in [0, 0.1) is 29.6 Å². The van der Waals surface area contributed by atoms with E-state index in [0.717, 1.165) is 19.2 Å². The summed E-state index contributed by atoms with van der Waals surface area (Å²) in [4.78, 5) is 28.2. The number of likely N-dealkylation sites (N-methyl/N-ethyl adjacent to an activating group) is 1. The summed E-state index contributed by atoms with van der Waals surface area (Å²) in [5.41, 5.74) is 2.75. The van der Waals surface area contributed by atoms with Gasteiger partial charge in [0.25, 0.3) is 5.91 Å². The zero-order chi connectivity index (χ0) is 24.4. The molecule has 178 valence electrons. The Bertz CT molecular complexity index is 1170. The molecule has 1 aromatic heterocycles. The second kappa shape index (κ2) is 9.57. The van der Waals surface area contributed by atoms with Crippen molar-refractivity contribution in [2.24, 2.45) is 5.92 Å². The topological polar surface area (TPSA) is 132 Å². The van der Waals surface area contributed by atoms with E-state index < -0.39 is 20.5 Å². The number of fused-ring (bicyclic) bond motifs is 1. The Morgan fingerprint density at radius 2 is 2.09 bits per heavy atom. The Kier molecular flexibility index (Phi) is 7.20. The van der Waals surface area contributed by atoms with Gasteiger partial charge in [-0.3, -0.25) is 19.5 Å². The molecule has 1 fully saturated rings. The quantitative estimate of drug-likeness (QED) is 0.290. The lowest BCUT2D eigenvalue weighted by Crippen LogP contribution is -2.50. The highest BCUT2D eigenvalue weighted by Crippen LogP contribution is 2.25. The zero-order valence-corrected chi connectivity index (χ0v) is 19.6. The highest BCUT2D eigenvalue weighted by molar-refractivity contribution is 7.92. The number of carbonyl (C=O) groups excluding carboxylic acids is 2. The first-order valence-electron chi connectivity index (χ1n) is 10.5. The molecule has 10 nitrogen and oxygen atoms in total. The Hall–Kier alpha value is -2.83. The number of sulfone groups is 1. The van der Waals surface area contributed by atoms with Gasteiger partial charge in [-0.15, -0.1) is 0 Å². The second-order valence-electron chi connectivity index (χ2n) is 8.72. The van der Waals surface area contributed by atoms with Crippen molar-refractivity contribution in [2.75, 3.05) is 33.0 Å². The summed E-state index contributed by atoms with van der Waals surface area (Å²) >= 11 is 0. The van der Waals surface area contributed by atoms with Gasteiger partial charge in [-0.05, 0) is 44.7 Å². The van der Waals surface area contributed by atoms with Crippen LogP contribution < -0.4 is 5.48 Å². The molecule has 0 spiro atoms. The molecule has 0 aromatic carbocycles. The van der Waals surface area contributed by atoms with Crippen molar-refractivity contribution in [2.45, 2.75) is 37.1 Å². The van der Waals surface area contributed by atoms with Crippen LogP contribution in [-0.2, 0) is 21.2 Å². The summed E-state index contributed by atoms with van der Waals surface area (Å²) in [7, 11) is -1.88. The third-order valence-electron chi connectivity index (χ3n) is 6.43. The molecule has 2 aliphatic heterocycles. The molecule has 3 atom stereocenters. The molecule has 33 heavy (non-hydrogen) atoms. The molecule has 3 N–H and O–H groups in total. The molecule has 0 aliphatic carbocycles. The molecule has 0 saturated carbocycles. The van der Waals surface area contributed by atoms with Crippen molar-refractivity contribution in [1.29, 1.82) is 0 Å². The number of aliphatic hydroxyl groups is 1. The van der Waals surface area contributed by atoms with E-state index in [1.165, 1.54) is 21.9 Å². The van der Waals surface area contributed by atoms with Crippen LogP contribution in [0.5, 0.6) is 0 Å². The normalized spacial score (nSPS) is 22.1. The summed E-state index contributed by atoms with van der Waals surface area (Å²) in [6, 6.07) is 1.57. The van der Waals surface area contributed by atoms with E-state index in [9.17, 15) is 23.1 Å². The number of amides is 2. The molecular weight excluding hydrogens is 448 g/mol. The number of aliphatic hydroxyl groups excluding tert-OH is 1. The van der Waals surface area contributed by atoms with E-state index in [0.29, 0.717) is 11.3 Å². The van der Waals surface area contributed by atoms with Crippen molar-refractivity contribution in [3.05, 3.63) is 23.5 Å². The van der Waals surface area contributed by atoms with Crippen LogP contribution in [0.15, 0.2) is 12.3 Å². The first-order valence-corrected chi connectivity index (χ1v) is 12.4. The summed E-state index contributed by atoms with van der Waals surface area (Å²) < 4.78 is 23.8. The van der Waals surface area contributed by atoms with Gasteiger partial charge in [-0.1, -0.05) is 11.8 Å². The number of nitrogens with zero attached hydrogens (tertiary/aromatic N) is 3. The third-order valence-corrected chi connectivity index (χ3v) is 8.46. The van der Waals surface area contributed by atoms with Crippen molar-refractivity contribution < 1.29 is 28.3 Å². The van der Waals surface area contributed by atoms with Gasteiger partial charge in [-0.2, -0.15) is 0 Å². The van der Waals surface area contributed by atoms with Gasteiger partial charge in [0.05, 0.1) is 13.2 Å². The minimum absolute atomic E-state index is 0.0225. The molecular formula is C22H28N4O6S. The molecule has 11 heteroatoms. The highest BCUT2D eigenvalue weighted by atomic mass is 32.2. The molecule has 0 radical (unpaired) electrons. The van der Waals surface area contributed by atoms with E-state index in [2.05, 4.69) is 28.6 Å². The van der Waals surface area contributed by atoms with Crippen LogP contribution >= 0.6 is 0 Å². The Morgan fingerprint density at radius 3 is 2.67 bits per heavy atom. The van der Waals surface area contributed by atoms with E-state index in [1.54, 1.807) is 12.3 Å². The van der Waals surface area contributed by atoms with Crippen molar-refractivity contribution >= 4 is 21.8 Å². The van der Waals surface area contributed by atoms with E-state index in [4.69, 9.17) is 5.21 Å². The number of rotatable bonds is 6. The van der Waals surface area contributed by atoms with Crippen LogP contribution in [-0.4, -0.2) is 88.8 Å². The minimum atomic E-state index is -3.84. The highest BCUT2D eigenvalue weighted by Gasteiger charge is 2.44. The van der Waals surface area contributed by atoms with Gasteiger partial charge in [0.2, 0.25) is 0 Å². The predicted octanol–water partition coefficient (Wildman–Crippen LogP) is -0.362. The van der Waals surface area contributed by atoms with Crippen molar-refractivity contribution in [1.82, 2.24) is 19.8 Å². The summed E-state index contributed by atoms with van der Waals surface area (Å²) in [6.45, 7) is 2.41. The maximum Gasteiger partial charge on any atom is 0.328 e. The Labute approximate surface area is 193 Å². The second-order valence-corrected chi connectivity index (χ2v) is 11.2. The van der Waals surface area contributed by atoms with E-state index >= 15 is 0 Å². The van der Waals surface area contributed by atoms with Gasteiger partial charge >= 0.3 is 6.03 Å². The summed E-state index contributed by atoms with van der Waals surface area (Å²) in [6.07, 6.45) is 3.17. The fourth-order valence-corrected chi connectivity index (χ4v) is 4.88. The van der Waals surface area contributed by atoms with Crippen molar-refractivity contribution in [3.63, 3.8) is 0 Å². The van der Waals surface area contributed by atoms with Crippen LogP contribution in [0.2, 0.25) is 0 Å². The molecule has 0 bridgehead atoms. The maximum absolute atomic E-state index is 12.7. The lowest BCUT2D eigenvalue weighted by atomic mass is 10.1. The molecule has 1 unspecified atom stereocenters. The first kappa shape index (κ1) is 24.8. The molecule has 1 saturated heterocycles. The summed E-state index contributed by atoms with van der Waals surface area (Å²) in [5.74, 6) is 10.8. The number of carbonyl (C=O) groups is 2. The number of hydroxylamine groups is 1. The third kappa shape index (κ3) is 5.07. The SMILES string of the molecule is CN1C[C@@H](C#CC#Cc2cc3n(c2)C(=O)N(CCC(C)(C(=O)NO)S(C)(=O)=O)C3)C[C@@H]1CO. The average molecular weight is 477 g/mol. The van der Waals surface area contributed by atoms with Gasteiger partial charge in [0.1, 0.15) is 0 Å². The van der Waals surface area contributed by atoms with Crippen molar-refractivity contribution in [3.8, 4) is 23.7 Å². The lowest BCUT2D eigenvalue weighted by Gasteiger charge is -2.27. The molecule has 3 heterocycles. The van der Waals surface area contributed by atoms with E-state index in [1.807, 2.05) is 7.05 Å². The average Bonchev–Trinajstić information content (AvgIpc) is 3.41. The smallest absolute Gasteiger partial charge is 0.328 e. The Morgan fingerprint density at radius 1 is 1.36 bits per heavy atom. The standard InChI is InChI=1S/C22H28N4O6S/c1-22(20(28)23-30,33(3,31)32)8-9-25-14-18-10-17(13-26(18)21(25)29)7-5-4-6-16-11-19(15-27)24(2)12-16/h10,13,16,19,27,30H,8-9,11-12,14-15H2,1-3H3,(H,23,28)/t16-,19+,22?/m0/s1. The molecule has 2 aliphatic rings. The van der Waals surface area contributed by atoms with Crippen LogP contribution in [0.4, 0.5) is 4.79 Å². The zero-order valence-electron chi connectivity index (χ0n) is 18.8. The number of hydrogen-bond acceptors (Lipinski definition) is 7. The number of aromatic nitrogens is 1. The first-order chi connectivity index (χ1) is 15.5. The van der Waals surface area contributed by atoms with E-state index in [-0.39, 0.29) is 44.1 Å². The fourth-order valence-electron chi connectivity index (χ4n) is 4.04. The number of hydrogen-bond donors (Lipinski definition) is 3. The Balaban J connectivity index is 1.62. The molecule has 2 amide bonds. The van der Waals surface area contributed by atoms with Gasteiger partial charge in [0, 0.05) is 48.8 Å². The van der Waals surface area contributed by atoms with Crippen LogP contribution in [0.25, 0.3) is 0 Å². The fraction of sp³-hybridized carbons (Fsp3) is 0.545.